The van der Waals surface area contributed by atoms with E-state index in [-0.39, 0.29) is 11.9 Å². The number of hydrogen-bond acceptors (Lipinski definition) is 5. The van der Waals surface area contributed by atoms with Gasteiger partial charge in [-0.2, -0.15) is 11.3 Å². The molecule has 1 amide bonds. The van der Waals surface area contributed by atoms with E-state index in [4.69, 9.17) is 4.74 Å². The molecule has 0 saturated carbocycles. The first-order chi connectivity index (χ1) is 9.52. The fourth-order valence-corrected chi connectivity index (χ4v) is 3.51. The minimum Gasteiger partial charge on any atom is -0.462 e. The second kappa shape index (κ2) is 6.19. The summed E-state index contributed by atoms with van der Waals surface area (Å²) in [5.41, 5.74) is 2.43. The van der Waals surface area contributed by atoms with E-state index in [9.17, 15) is 9.59 Å². The van der Waals surface area contributed by atoms with Gasteiger partial charge in [-0.3, -0.25) is 4.79 Å². The summed E-state index contributed by atoms with van der Waals surface area (Å²) in [7, 11) is 0. The molecule has 4 nitrogen and oxygen atoms in total. The molecule has 0 atom stereocenters. The lowest BCUT2D eigenvalue weighted by atomic mass is 10.2. The molecule has 0 aliphatic rings. The lowest BCUT2D eigenvalue weighted by Crippen LogP contribution is -2.10. The first-order valence-electron chi connectivity index (χ1n) is 6.14. The molecular weight excluding hydrogens is 294 g/mol. The highest BCUT2D eigenvalue weighted by Crippen LogP contribution is 2.28. The maximum absolute atomic E-state index is 12.1. The summed E-state index contributed by atoms with van der Waals surface area (Å²) < 4.78 is 4.98. The molecule has 2 rings (SSSR count). The summed E-state index contributed by atoms with van der Waals surface area (Å²) in [6.07, 6.45) is 0. The van der Waals surface area contributed by atoms with Crippen LogP contribution in [0.1, 0.15) is 38.1 Å². The van der Waals surface area contributed by atoms with Crippen LogP contribution in [0.25, 0.3) is 0 Å². The Morgan fingerprint density at radius 1 is 1.25 bits per heavy atom. The minimum atomic E-state index is -0.345. The Bertz CT molecular complexity index is 643. The Morgan fingerprint density at radius 2 is 2.00 bits per heavy atom. The largest absolute Gasteiger partial charge is 0.462 e. The van der Waals surface area contributed by atoms with Crippen molar-refractivity contribution in [2.24, 2.45) is 0 Å². The van der Waals surface area contributed by atoms with Crippen LogP contribution in [-0.2, 0) is 4.74 Å². The molecule has 0 fully saturated rings. The third-order valence-electron chi connectivity index (χ3n) is 2.72. The van der Waals surface area contributed by atoms with E-state index in [1.165, 1.54) is 22.7 Å². The standard InChI is InChI=1S/C14H15NO3S2/c1-4-18-14(17)12-8(2)5-11(20-12)15-13(16)10-7-19-6-9(10)3/h5-7H,4H2,1-3H3,(H,15,16). The van der Waals surface area contributed by atoms with Crippen molar-refractivity contribution in [2.75, 3.05) is 11.9 Å². The molecule has 0 unspecified atom stereocenters. The van der Waals surface area contributed by atoms with Crippen LogP contribution in [0.5, 0.6) is 0 Å². The van der Waals surface area contributed by atoms with Gasteiger partial charge in [-0.15, -0.1) is 11.3 Å². The van der Waals surface area contributed by atoms with E-state index >= 15 is 0 Å². The second-order valence-corrected chi connectivity index (χ2v) is 6.06. The normalized spacial score (nSPS) is 10.3. The van der Waals surface area contributed by atoms with Crippen LogP contribution >= 0.6 is 22.7 Å². The Balaban J connectivity index is 2.15. The Morgan fingerprint density at radius 3 is 2.60 bits per heavy atom. The molecule has 6 heteroatoms. The number of aryl methyl sites for hydroxylation is 2. The maximum atomic E-state index is 12.1. The summed E-state index contributed by atoms with van der Waals surface area (Å²) in [5, 5.41) is 7.22. The van der Waals surface area contributed by atoms with Crippen molar-refractivity contribution in [2.45, 2.75) is 20.8 Å². The number of nitrogens with one attached hydrogen (secondary N) is 1. The number of anilines is 1. The smallest absolute Gasteiger partial charge is 0.348 e. The molecule has 0 radical (unpaired) electrons. The molecule has 0 aliphatic heterocycles. The Hall–Kier alpha value is -1.66. The Labute approximate surface area is 125 Å². The van der Waals surface area contributed by atoms with Gasteiger partial charge in [0.15, 0.2) is 0 Å². The van der Waals surface area contributed by atoms with Crippen molar-refractivity contribution in [1.82, 2.24) is 0 Å². The molecular formula is C14H15NO3S2. The van der Waals surface area contributed by atoms with Gasteiger partial charge >= 0.3 is 5.97 Å². The van der Waals surface area contributed by atoms with Crippen molar-refractivity contribution < 1.29 is 14.3 Å². The molecule has 0 aromatic carbocycles. The SMILES string of the molecule is CCOC(=O)c1sc(NC(=O)c2cscc2C)cc1C. The molecule has 0 spiro atoms. The first kappa shape index (κ1) is 14.7. The zero-order chi connectivity index (χ0) is 14.7. The summed E-state index contributed by atoms with van der Waals surface area (Å²) in [4.78, 5) is 24.4. The number of carbonyl (C=O) groups excluding carboxylic acids is 2. The maximum Gasteiger partial charge on any atom is 0.348 e. The van der Waals surface area contributed by atoms with E-state index in [2.05, 4.69) is 5.32 Å². The number of thiophene rings is 2. The number of amides is 1. The van der Waals surface area contributed by atoms with Crippen LogP contribution in [0.3, 0.4) is 0 Å². The third kappa shape index (κ3) is 3.08. The van der Waals surface area contributed by atoms with Crippen LogP contribution in [0.15, 0.2) is 16.8 Å². The molecule has 0 bridgehead atoms. The van der Waals surface area contributed by atoms with Crippen LogP contribution in [0.4, 0.5) is 5.00 Å². The van der Waals surface area contributed by atoms with E-state index in [1.807, 2.05) is 24.6 Å². The van der Waals surface area contributed by atoms with Gasteiger partial charge in [0.1, 0.15) is 4.88 Å². The fourth-order valence-electron chi connectivity index (χ4n) is 1.72. The highest BCUT2D eigenvalue weighted by atomic mass is 32.1. The first-order valence-corrected chi connectivity index (χ1v) is 7.90. The van der Waals surface area contributed by atoms with Gasteiger partial charge in [0.25, 0.3) is 5.91 Å². The van der Waals surface area contributed by atoms with Gasteiger partial charge in [-0.1, -0.05) is 0 Å². The van der Waals surface area contributed by atoms with Crippen molar-refractivity contribution in [1.29, 1.82) is 0 Å². The lowest BCUT2D eigenvalue weighted by molar-refractivity contribution is 0.0531. The highest BCUT2D eigenvalue weighted by Gasteiger charge is 2.17. The van der Waals surface area contributed by atoms with E-state index in [1.54, 1.807) is 13.0 Å². The number of rotatable bonds is 4. The van der Waals surface area contributed by atoms with Gasteiger partial charge in [0.2, 0.25) is 0 Å². The van der Waals surface area contributed by atoms with E-state index < -0.39 is 0 Å². The lowest BCUT2D eigenvalue weighted by Gasteiger charge is -2.01. The summed E-state index contributed by atoms with van der Waals surface area (Å²) in [6, 6.07) is 1.79. The van der Waals surface area contributed by atoms with Crippen molar-refractivity contribution in [3.05, 3.63) is 38.4 Å². The van der Waals surface area contributed by atoms with Crippen LogP contribution in [0.2, 0.25) is 0 Å². The van der Waals surface area contributed by atoms with E-state index in [0.717, 1.165) is 11.1 Å². The molecule has 0 saturated heterocycles. The summed E-state index contributed by atoms with van der Waals surface area (Å²) in [5.74, 6) is -0.498. The Kier molecular flexibility index (Phi) is 4.57. The molecule has 106 valence electrons. The zero-order valence-corrected chi connectivity index (χ0v) is 13.1. The van der Waals surface area contributed by atoms with Crippen molar-refractivity contribution in [3.8, 4) is 0 Å². The van der Waals surface area contributed by atoms with Crippen LogP contribution in [-0.4, -0.2) is 18.5 Å². The molecule has 1 N–H and O–H groups in total. The minimum absolute atomic E-state index is 0.152. The van der Waals surface area contributed by atoms with Gasteiger partial charge in [0, 0.05) is 5.38 Å². The highest BCUT2D eigenvalue weighted by molar-refractivity contribution is 7.18. The quantitative estimate of drug-likeness (QED) is 0.873. The monoisotopic (exact) mass is 309 g/mol. The molecule has 2 aromatic rings. The molecule has 0 aliphatic carbocycles. The predicted octanol–water partition coefficient (Wildman–Crippen LogP) is 3.86. The number of carbonyl (C=O) groups is 2. The number of esters is 1. The average Bonchev–Trinajstić information content (AvgIpc) is 2.96. The summed E-state index contributed by atoms with van der Waals surface area (Å²) >= 11 is 2.73. The third-order valence-corrected chi connectivity index (χ3v) is 4.71. The van der Waals surface area contributed by atoms with Crippen molar-refractivity contribution >= 4 is 39.6 Å². The van der Waals surface area contributed by atoms with Crippen molar-refractivity contribution in [3.63, 3.8) is 0 Å². The molecule has 2 aromatic heterocycles. The predicted molar refractivity (Wildman–Crippen MR) is 82.0 cm³/mol. The van der Waals surface area contributed by atoms with E-state index in [0.29, 0.717) is 22.0 Å². The van der Waals surface area contributed by atoms with Gasteiger partial charge in [0.05, 0.1) is 17.2 Å². The van der Waals surface area contributed by atoms with Gasteiger partial charge < -0.3 is 10.1 Å². The number of ether oxygens (including phenoxy) is 1. The fraction of sp³-hybridized carbons (Fsp3) is 0.286. The average molecular weight is 309 g/mol. The number of hydrogen-bond donors (Lipinski definition) is 1. The van der Waals surface area contributed by atoms with Gasteiger partial charge in [-0.05, 0) is 43.3 Å². The second-order valence-electron chi connectivity index (χ2n) is 4.27. The van der Waals surface area contributed by atoms with Crippen LogP contribution < -0.4 is 5.32 Å². The molecule has 20 heavy (non-hydrogen) atoms. The van der Waals surface area contributed by atoms with Gasteiger partial charge in [-0.25, -0.2) is 4.79 Å². The summed E-state index contributed by atoms with van der Waals surface area (Å²) in [6.45, 7) is 5.83. The zero-order valence-electron chi connectivity index (χ0n) is 11.5. The van der Waals surface area contributed by atoms with Crippen LogP contribution in [0, 0.1) is 13.8 Å². The topological polar surface area (TPSA) is 55.4 Å². The molecule has 2 heterocycles.